The first-order valence-corrected chi connectivity index (χ1v) is 9.48. The minimum absolute atomic E-state index is 0.230. The molecule has 0 aromatic heterocycles. The maximum absolute atomic E-state index is 12.9. The predicted octanol–water partition coefficient (Wildman–Crippen LogP) is 4.04. The van der Waals surface area contributed by atoms with Crippen LogP contribution < -0.4 is 10.6 Å². The smallest absolute Gasteiger partial charge is 0.251 e. The maximum Gasteiger partial charge on any atom is 0.251 e. The summed E-state index contributed by atoms with van der Waals surface area (Å²) in [5.74, 6) is -0.762. The van der Waals surface area contributed by atoms with Crippen LogP contribution in [0.4, 0.5) is 4.39 Å². The van der Waals surface area contributed by atoms with E-state index in [1.165, 1.54) is 17.7 Å². The molecule has 0 unspecified atom stereocenters. The standard InChI is InChI=1S/C24H23FN2O2/c1-17-5-7-19(8-6-17)16-27-24(29)21-4-2-3-20(15-21)23(28)26-14-13-18-9-11-22(25)12-10-18/h2-12,15H,13-14,16H2,1H3,(H,26,28)(H,27,29). The Balaban J connectivity index is 1.53. The van der Waals surface area contributed by atoms with Crippen LogP contribution in [0.15, 0.2) is 72.8 Å². The largest absolute Gasteiger partial charge is 0.352 e. The maximum atomic E-state index is 12.9. The molecule has 3 aromatic rings. The molecule has 29 heavy (non-hydrogen) atoms. The quantitative estimate of drug-likeness (QED) is 0.640. The van der Waals surface area contributed by atoms with Gasteiger partial charge in [0.2, 0.25) is 0 Å². The topological polar surface area (TPSA) is 58.2 Å². The normalized spacial score (nSPS) is 10.4. The van der Waals surface area contributed by atoms with Crippen LogP contribution in [-0.2, 0) is 13.0 Å². The van der Waals surface area contributed by atoms with Gasteiger partial charge in [-0.05, 0) is 54.8 Å². The Hall–Kier alpha value is -3.47. The molecule has 2 N–H and O–H groups in total. The number of carbonyl (C=O) groups is 2. The highest BCUT2D eigenvalue weighted by Crippen LogP contribution is 2.08. The summed E-state index contributed by atoms with van der Waals surface area (Å²) < 4.78 is 12.9. The summed E-state index contributed by atoms with van der Waals surface area (Å²) in [5, 5.41) is 5.70. The Morgan fingerprint density at radius 2 is 1.38 bits per heavy atom. The van der Waals surface area contributed by atoms with Gasteiger partial charge in [-0.25, -0.2) is 4.39 Å². The van der Waals surface area contributed by atoms with Gasteiger partial charge >= 0.3 is 0 Å². The lowest BCUT2D eigenvalue weighted by Gasteiger charge is -2.09. The van der Waals surface area contributed by atoms with Crippen LogP contribution in [0.2, 0.25) is 0 Å². The van der Waals surface area contributed by atoms with Crippen LogP contribution in [0.3, 0.4) is 0 Å². The van der Waals surface area contributed by atoms with Crippen molar-refractivity contribution in [2.24, 2.45) is 0 Å². The van der Waals surface area contributed by atoms with Crippen LogP contribution in [0.1, 0.15) is 37.4 Å². The Labute approximate surface area is 169 Å². The highest BCUT2D eigenvalue weighted by atomic mass is 19.1. The van der Waals surface area contributed by atoms with Gasteiger partial charge in [0.1, 0.15) is 5.82 Å². The van der Waals surface area contributed by atoms with E-state index in [1.54, 1.807) is 36.4 Å². The zero-order valence-corrected chi connectivity index (χ0v) is 16.2. The van der Waals surface area contributed by atoms with Crippen molar-refractivity contribution < 1.29 is 14.0 Å². The van der Waals surface area contributed by atoms with Gasteiger partial charge in [0.15, 0.2) is 0 Å². The van der Waals surface area contributed by atoms with Gasteiger partial charge in [-0.2, -0.15) is 0 Å². The van der Waals surface area contributed by atoms with Gasteiger partial charge in [0.05, 0.1) is 0 Å². The number of aryl methyl sites for hydroxylation is 1. The van der Waals surface area contributed by atoms with Gasteiger partial charge in [0.25, 0.3) is 11.8 Å². The van der Waals surface area contributed by atoms with Crippen molar-refractivity contribution in [3.05, 3.63) is 106 Å². The van der Waals surface area contributed by atoms with Crippen LogP contribution in [0.25, 0.3) is 0 Å². The molecule has 4 nitrogen and oxygen atoms in total. The molecule has 0 saturated carbocycles. The lowest BCUT2D eigenvalue weighted by atomic mass is 10.1. The third-order valence-electron chi connectivity index (χ3n) is 4.57. The van der Waals surface area contributed by atoms with Crippen molar-refractivity contribution in [3.8, 4) is 0 Å². The summed E-state index contributed by atoms with van der Waals surface area (Å²) in [6.45, 7) is 2.86. The number of rotatable bonds is 7. The summed E-state index contributed by atoms with van der Waals surface area (Å²) >= 11 is 0. The first kappa shape index (κ1) is 20.3. The van der Waals surface area contributed by atoms with Crippen molar-refractivity contribution in [1.29, 1.82) is 0 Å². The molecule has 5 heteroatoms. The van der Waals surface area contributed by atoms with Crippen molar-refractivity contribution in [2.45, 2.75) is 19.9 Å². The van der Waals surface area contributed by atoms with Crippen molar-refractivity contribution in [2.75, 3.05) is 6.54 Å². The van der Waals surface area contributed by atoms with Crippen LogP contribution in [-0.4, -0.2) is 18.4 Å². The number of benzene rings is 3. The third-order valence-corrected chi connectivity index (χ3v) is 4.57. The molecule has 0 heterocycles. The monoisotopic (exact) mass is 390 g/mol. The Kier molecular flexibility index (Phi) is 6.74. The Morgan fingerprint density at radius 3 is 2.03 bits per heavy atom. The first-order chi connectivity index (χ1) is 14.0. The summed E-state index contributed by atoms with van der Waals surface area (Å²) in [7, 11) is 0. The van der Waals surface area contributed by atoms with Crippen LogP contribution in [0, 0.1) is 12.7 Å². The zero-order valence-electron chi connectivity index (χ0n) is 16.2. The fourth-order valence-electron chi connectivity index (χ4n) is 2.87. The molecule has 0 radical (unpaired) electrons. The molecular formula is C24H23FN2O2. The average molecular weight is 390 g/mol. The summed E-state index contributed by atoms with van der Waals surface area (Å²) in [5.41, 5.74) is 3.98. The first-order valence-electron chi connectivity index (χ1n) is 9.48. The van der Waals surface area contributed by atoms with Gasteiger partial charge in [-0.3, -0.25) is 9.59 Å². The van der Waals surface area contributed by atoms with E-state index < -0.39 is 0 Å². The molecule has 3 aromatic carbocycles. The van der Waals surface area contributed by atoms with E-state index in [1.807, 2.05) is 31.2 Å². The molecule has 0 saturated heterocycles. The van der Waals surface area contributed by atoms with Gasteiger partial charge in [-0.1, -0.05) is 48.0 Å². The van der Waals surface area contributed by atoms with Crippen LogP contribution in [0.5, 0.6) is 0 Å². The number of amides is 2. The number of nitrogens with one attached hydrogen (secondary N) is 2. The van der Waals surface area contributed by atoms with E-state index in [-0.39, 0.29) is 17.6 Å². The molecule has 0 aliphatic rings. The minimum Gasteiger partial charge on any atom is -0.352 e. The van der Waals surface area contributed by atoms with Crippen molar-refractivity contribution >= 4 is 11.8 Å². The molecular weight excluding hydrogens is 367 g/mol. The number of halogens is 1. The molecule has 0 spiro atoms. The minimum atomic E-state index is -0.282. The molecule has 148 valence electrons. The number of hydrogen-bond acceptors (Lipinski definition) is 2. The lowest BCUT2D eigenvalue weighted by molar-refractivity contribution is 0.0950. The summed E-state index contributed by atoms with van der Waals surface area (Å²) in [4.78, 5) is 24.8. The van der Waals surface area contributed by atoms with E-state index >= 15 is 0 Å². The molecule has 3 rings (SSSR count). The second-order valence-electron chi connectivity index (χ2n) is 6.88. The third kappa shape index (κ3) is 6.01. The molecule has 2 amide bonds. The lowest BCUT2D eigenvalue weighted by Crippen LogP contribution is -2.27. The number of carbonyl (C=O) groups excluding carboxylic acids is 2. The fraction of sp³-hybridized carbons (Fsp3) is 0.167. The van der Waals surface area contributed by atoms with E-state index in [0.29, 0.717) is 30.6 Å². The van der Waals surface area contributed by atoms with E-state index in [4.69, 9.17) is 0 Å². The summed E-state index contributed by atoms with van der Waals surface area (Å²) in [6, 6.07) is 20.8. The molecule has 0 fully saturated rings. The predicted molar refractivity (Wildman–Crippen MR) is 111 cm³/mol. The molecule has 0 atom stereocenters. The van der Waals surface area contributed by atoms with E-state index in [2.05, 4.69) is 10.6 Å². The molecule has 0 aliphatic carbocycles. The molecule has 0 bridgehead atoms. The summed E-state index contributed by atoms with van der Waals surface area (Å²) in [6.07, 6.45) is 0.600. The number of hydrogen-bond donors (Lipinski definition) is 2. The fourth-order valence-corrected chi connectivity index (χ4v) is 2.87. The van der Waals surface area contributed by atoms with Crippen molar-refractivity contribution in [3.63, 3.8) is 0 Å². The van der Waals surface area contributed by atoms with E-state index in [0.717, 1.165) is 11.1 Å². The van der Waals surface area contributed by atoms with Gasteiger partial charge in [-0.15, -0.1) is 0 Å². The van der Waals surface area contributed by atoms with Crippen molar-refractivity contribution in [1.82, 2.24) is 10.6 Å². The second-order valence-corrected chi connectivity index (χ2v) is 6.88. The highest BCUT2D eigenvalue weighted by Gasteiger charge is 2.10. The highest BCUT2D eigenvalue weighted by molar-refractivity contribution is 5.99. The van der Waals surface area contributed by atoms with Gasteiger partial charge in [0, 0.05) is 24.2 Å². The van der Waals surface area contributed by atoms with E-state index in [9.17, 15) is 14.0 Å². The SMILES string of the molecule is Cc1ccc(CNC(=O)c2cccc(C(=O)NCCc3ccc(F)cc3)c2)cc1. The Morgan fingerprint density at radius 1 is 0.793 bits per heavy atom. The Bertz CT molecular complexity index is 983. The molecule has 0 aliphatic heterocycles. The second kappa shape index (κ2) is 9.64. The average Bonchev–Trinajstić information content (AvgIpc) is 2.74. The van der Waals surface area contributed by atoms with Gasteiger partial charge < -0.3 is 10.6 Å². The van der Waals surface area contributed by atoms with Crippen LogP contribution >= 0.6 is 0 Å². The zero-order chi connectivity index (χ0) is 20.6.